The van der Waals surface area contributed by atoms with Crippen LogP contribution >= 0.6 is 0 Å². The first-order valence-electron chi connectivity index (χ1n) is 8.75. The number of imide groups is 1. The lowest BCUT2D eigenvalue weighted by Crippen LogP contribution is -2.30. The summed E-state index contributed by atoms with van der Waals surface area (Å²) in [5.74, 6) is -0.296. The van der Waals surface area contributed by atoms with Crippen LogP contribution in [0.15, 0.2) is 54.2 Å². The van der Waals surface area contributed by atoms with E-state index in [1.54, 1.807) is 6.08 Å². The average Bonchev–Trinajstić information content (AvgIpc) is 2.84. The fraction of sp³-hybridized carbons (Fsp3) is 0.273. The second-order valence-electron chi connectivity index (χ2n) is 7.74. The number of aryl methyl sites for hydroxylation is 1. The van der Waals surface area contributed by atoms with Crippen molar-refractivity contribution < 1.29 is 9.59 Å². The Morgan fingerprint density at radius 3 is 2.15 bits per heavy atom. The predicted octanol–water partition coefficient (Wildman–Crippen LogP) is 4.39. The van der Waals surface area contributed by atoms with Gasteiger partial charge in [-0.05, 0) is 35.1 Å². The molecule has 0 atom stereocenters. The maximum Gasteiger partial charge on any atom is 0.329 e. The summed E-state index contributed by atoms with van der Waals surface area (Å²) in [6, 6.07) is 15.5. The van der Waals surface area contributed by atoms with Crippen LogP contribution in [-0.2, 0) is 16.8 Å². The fourth-order valence-electron chi connectivity index (χ4n) is 2.84. The largest absolute Gasteiger partial charge is 0.329 e. The normalized spacial score (nSPS) is 16.3. The van der Waals surface area contributed by atoms with E-state index in [1.165, 1.54) is 10.5 Å². The molecule has 3 rings (SSSR count). The smallest absolute Gasteiger partial charge is 0.303 e. The number of amides is 3. The molecule has 1 N–H and O–H groups in total. The zero-order valence-corrected chi connectivity index (χ0v) is 15.7. The van der Waals surface area contributed by atoms with E-state index in [2.05, 4.69) is 38.2 Å². The maximum atomic E-state index is 12.6. The third kappa shape index (κ3) is 3.85. The molecule has 1 heterocycles. The van der Waals surface area contributed by atoms with Crippen molar-refractivity contribution in [1.82, 2.24) is 10.2 Å². The van der Waals surface area contributed by atoms with Gasteiger partial charge in [0.1, 0.15) is 5.70 Å². The predicted molar refractivity (Wildman–Crippen MR) is 103 cm³/mol. The number of carbonyl (C=O) groups excluding carboxylic acids is 2. The lowest BCUT2D eigenvalue weighted by Gasteiger charge is -2.18. The Morgan fingerprint density at radius 2 is 1.58 bits per heavy atom. The van der Waals surface area contributed by atoms with Crippen molar-refractivity contribution in [3.8, 4) is 0 Å². The van der Waals surface area contributed by atoms with Gasteiger partial charge in [0.15, 0.2) is 0 Å². The molecule has 0 radical (unpaired) electrons. The van der Waals surface area contributed by atoms with Gasteiger partial charge >= 0.3 is 6.03 Å². The number of nitrogens with zero attached hydrogens (tertiary/aromatic N) is 1. The zero-order valence-electron chi connectivity index (χ0n) is 15.7. The molecular weight excluding hydrogens is 324 g/mol. The van der Waals surface area contributed by atoms with Gasteiger partial charge in [0.25, 0.3) is 5.91 Å². The van der Waals surface area contributed by atoms with Crippen molar-refractivity contribution in [3.05, 3.63) is 76.5 Å². The lowest BCUT2D eigenvalue weighted by atomic mass is 9.87. The van der Waals surface area contributed by atoms with Crippen LogP contribution in [0.4, 0.5) is 4.79 Å². The SMILES string of the molecule is Cc1ccc(CN2C(=O)N/C(=C/c3ccc(C(C)(C)C)cc3)C2=O)cc1. The van der Waals surface area contributed by atoms with E-state index in [0.29, 0.717) is 5.70 Å². The molecular formula is C22H24N2O2. The highest BCUT2D eigenvalue weighted by Crippen LogP contribution is 2.23. The minimum atomic E-state index is -0.381. The number of urea groups is 1. The molecule has 0 aromatic heterocycles. The standard InChI is InChI=1S/C22H24N2O2/c1-15-5-7-17(8-6-15)14-24-20(25)19(23-21(24)26)13-16-9-11-18(12-10-16)22(2,3)4/h5-13H,14H2,1-4H3,(H,23,26)/b19-13+. The molecule has 1 fully saturated rings. The van der Waals surface area contributed by atoms with Crippen LogP contribution in [0.25, 0.3) is 6.08 Å². The number of rotatable bonds is 3. The van der Waals surface area contributed by atoms with Crippen LogP contribution in [0.5, 0.6) is 0 Å². The van der Waals surface area contributed by atoms with Crippen LogP contribution in [0.3, 0.4) is 0 Å². The molecule has 0 spiro atoms. The minimum absolute atomic E-state index is 0.0773. The summed E-state index contributed by atoms with van der Waals surface area (Å²) in [6.07, 6.45) is 1.72. The number of hydrogen-bond acceptors (Lipinski definition) is 2. The number of benzene rings is 2. The van der Waals surface area contributed by atoms with Crippen LogP contribution < -0.4 is 5.32 Å². The highest BCUT2D eigenvalue weighted by Gasteiger charge is 2.33. The summed E-state index contributed by atoms with van der Waals surface area (Å²) >= 11 is 0. The van der Waals surface area contributed by atoms with Gasteiger partial charge in [-0.3, -0.25) is 9.69 Å². The molecule has 26 heavy (non-hydrogen) atoms. The summed E-state index contributed by atoms with van der Waals surface area (Å²) in [4.78, 5) is 26.0. The van der Waals surface area contributed by atoms with Gasteiger partial charge in [-0.1, -0.05) is 74.9 Å². The molecule has 0 aliphatic carbocycles. The van der Waals surface area contributed by atoms with Crippen molar-refractivity contribution in [2.75, 3.05) is 0 Å². The van der Waals surface area contributed by atoms with E-state index in [4.69, 9.17) is 0 Å². The van der Waals surface area contributed by atoms with Gasteiger partial charge in [0.05, 0.1) is 6.54 Å². The van der Waals surface area contributed by atoms with E-state index in [1.807, 2.05) is 43.3 Å². The molecule has 2 aromatic rings. The van der Waals surface area contributed by atoms with Crippen molar-refractivity contribution in [3.63, 3.8) is 0 Å². The molecule has 2 aromatic carbocycles. The third-order valence-electron chi connectivity index (χ3n) is 4.51. The topological polar surface area (TPSA) is 49.4 Å². The average molecular weight is 348 g/mol. The zero-order chi connectivity index (χ0) is 18.9. The van der Waals surface area contributed by atoms with E-state index >= 15 is 0 Å². The first-order chi connectivity index (χ1) is 12.2. The molecule has 0 unspecified atom stereocenters. The Labute approximate surface area is 154 Å². The Kier molecular flexibility index (Phi) is 4.68. The van der Waals surface area contributed by atoms with Gasteiger partial charge in [-0.15, -0.1) is 0 Å². The summed E-state index contributed by atoms with van der Waals surface area (Å²) < 4.78 is 0. The van der Waals surface area contributed by atoms with Crippen molar-refractivity contribution in [2.45, 2.75) is 39.7 Å². The molecule has 1 saturated heterocycles. The molecule has 0 saturated carbocycles. The summed E-state index contributed by atoms with van der Waals surface area (Å²) in [7, 11) is 0. The van der Waals surface area contributed by atoms with Gasteiger partial charge in [0.2, 0.25) is 0 Å². The number of carbonyl (C=O) groups is 2. The Morgan fingerprint density at radius 1 is 0.962 bits per heavy atom. The van der Waals surface area contributed by atoms with E-state index < -0.39 is 0 Å². The van der Waals surface area contributed by atoms with Gasteiger partial charge in [0, 0.05) is 0 Å². The van der Waals surface area contributed by atoms with Crippen LogP contribution in [-0.4, -0.2) is 16.8 Å². The van der Waals surface area contributed by atoms with E-state index in [-0.39, 0.29) is 23.9 Å². The Balaban J connectivity index is 1.77. The van der Waals surface area contributed by atoms with Crippen LogP contribution in [0, 0.1) is 6.92 Å². The monoisotopic (exact) mass is 348 g/mol. The van der Waals surface area contributed by atoms with Crippen LogP contribution in [0.1, 0.15) is 43.0 Å². The molecule has 4 nitrogen and oxygen atoms in total. The van der Waals surface area contributed by atoms with Gasteiger partial charge < -0.3 is 5.32 Å². The first-order valence-corrected chi connectivity index (χ1v) is 8.75. The van der Waals surface area contributed by atoms with Crippen molar-refractivity contribution in [2.24, 2.45) is 0 Å². The maximum absolute atomic E-state index is 12.6. The third-order valence-corrected chi connectivity index (χ3v) is 4.51. The van der Waals surface area contributed by atoms with Crippen molar-refractivity contribution in [1.29, 1.82) is 0 Å². The molecule has 3 amide bonds. The summed E-state index contributed by atoms with van der Waals surface area (Å²) in [6.45, 7) is 8.74. The molecule has 1 aliphatic heterocycles. The van der Waals surface area contributed by atoms with Crippen molar-refractivity contribution >= 4 is 18.0 Å². The molecule has 134 valence electrons. The molecule has 4 heteroatoms. The molecule has 1 aliphatic rings. The van der Waals surface area contributed by atoms with Gasteiger partial charge in [-0.2, -0.15) is 0 Å². The van der Waals surface area contributed by atoms with Crippen LogP contribution in [0.2, 0.25) is 0 Å². The van der Waals surface area contributed by atoms with E-state index in [0.717, 1.165) is 16.7 Å². The second kappa shape index (κ2) is 6.79. The number of hydrogen-bond donors (Lipinski definition) is 1. The lowest BCUT2D eigenvalue weighted by molar-refractivity contribution is -0.123. The second-order valence-corrected chi connectivity index (χ2v) is 7.74. The quantitative estimate of drug-likeness (QED) is 0.661. The van der Waals surface area contributed by atoms with Gasteiger partial charge in [-0.25, -0.2) is 4.79 Å². The number of nitrogens with one attached hydrogen (secondary N) is 1. The molecule has 0 bridgehead atoms. The summed E-state index contributed by atoms with van der Waals surface area (Å²) in [5.41, 5.74) is 4.57. The highest BCUT2D eigenvalue weighted by atomic mass is 16.2. The van der Waals surface area contributed by atoms with E-state index in [9.17, 15) is 9.59 Å². The Bertz CT molecular complexity index is 857. The first kappa shape index (κ1) is 17.9. The Hall–Kier alpha value is -2.88. The summed E-state index contributed by atoms with van der Waals surface area (Å²) in [5, 5.41) is 2.68. The highest BCUT2D eigenvalue weighted by molar-refractivity contribution is 6.13. The minimum Gasteiger partial charge on any atom is -0.303 e. The fourth-order valence-corrected chi connectivity index (χ4v) is 2.84.